The quantitative estimate of drug-likeness (QED) is 0.609. The molecule has 2 bridgehead atoms. The number of halogens is 1. The summed E-state index contributed by atoms with van der Waals surface area (Å²) in [6, 6.07) is 0.696. The number of aliphatic hydroxyl groups excluding tert-OH is 1. The van der Waals surface area contributed by atoms with Crippen LogP contribution in [0.1, 0.15) is 6.42 Å². The van der Waals surface area contributed by atoms with E-state index in [0.717, 1.165) is 6.54 Å². The molecule has 0 amide bonds. The molecular weight excluding hydrogens is 170 g/mol. The Morgan fingerprint density at radius 3 is 2.70 bits per heavy atom. The number of hydrogen-bond donors (Lipinski definition) is 2. The van der Waals surface area contributed by atoms with E-state index in [-0.39, 0.29) is 17.2 Å². The van der Waals surface area contributed by atoms with Gasteiger partial charge in [0.05, 0.1) is 11.4 Å². The van der Waals surface area contributed by atoms with Gasteiger partial charge in [-0.2, -0.15) is 0 Å². The second-order valence-corrected chi connectivity index (χ2v) is 4.42. The first-order valence-electron chi connectivity index (χ1n) is 3.33. The molecule has 10 heavy (non-hydrogen) atoms. The van der Waals surface area contributed by atoms with E-state index in [1.54, 1.807) is 0 Å². The van der Waals surface area contributed by atoms with Crippen LogP contribution >= 0.6 is 24.2 Å². The highest BCUT2D eigenvalue weighted by atomic mass is 35.5. The zero-order chi connectivity index (χ0) is 6.32. The Bertz CT molecular complexity index is 125. The molecule has 1 unspecified atom stereocenters. The highest BCUT2D eigenvalue weighted by Crippen LogP contribution is 2.41. The van der Waals surface area contributed by atoms with E-state index in [2.05, 4.69) is 5.32 Å². The van der Waals surface area contributed by atoms with Gasteiger partial charge in [-0.25, -0.2) is 0 Å². The predicted molar refractivity (Wildman–Crippen MR) is 45.9 cm³/mol. The summed E-state index contributed by atoms with van der Waals surface area (Å²) < 4.78 is 0.213. The highest BCUT2D eigenvalue weighted by molar-refractivity contribution is 8.01. The minimum absolute atomic E-state index is 0. The largest absolute Gasteiger partial charge is 0.395 e. The van der Waals surface area contributed by atoms with Gasteiger partial charge < -0.3 is 10.4 Å². The third-order valence-corrected chi connectivity index (χ3v) is 3.83. The van der Waals surface area contributed by atoms with Crippen LogP contribution in [0.5, 0.6) is 0 Å². The van der Waals surface area contributed by atoms with Crippen molar-refractivity contribution in [2.75, 3.05) is 18.9 Å². The summed E-state index contributed by atoms with van der Waals surface area (Å²) in [4.78, 5) is 0. The van der Waals surface area contributed by atoms with Crippen molar-refractivity contribution in [3.8, 4) is 0 Å². The average molecular weight is 182 g/mol. The van der Waals surface area contributed by atoms with Gasteiger partial charge in [0.25, 0.3) is 0 Å². The molecule has 0 spiro atoms. The van der Waals surface area contributed by atoms with Gasteiger partial charge >= 0.3 is 0 Å². The molecule has 2 nitrogen and oxygen atoms in total. The van der Waals surface area contributed by atoms with Crippen molar-refractivity contribution in [1.29, 1.82) is 0 Å². The maximum absolute atomic E-state index is 8.98. The van der Waals surface area contributed by atoms with Gasteiger partial charge in [-0.1, -0.05) is 0 Å². The highest BCUT2D eigenvalue weighted by Gasteiger charge is 2.44. The van der Waals surface area contributed by atoms with Gasteiger partial charge in [-0.15, -0.1) is 24.2 Å². The molecule has 4 heteroatoms. The van der Waals surface area contributed by atoms with Crippen molar-refractivity contribution < 1.29 is 5.11 Å². The van der Waals surface area contributed by atoms with E-state index in [1.807, 2.05) is 11.8 Å². The van der Waals surface area contributed by atoms with E-state index < -0.39 is 0 Å². The fourth-order valence-corrected chi connectivity index (χ4v) is 2.98. The Balaban J connectivity index is 0.000000500. The summed E-state index contributed by atoms with van der Waals surface area (Å²) in [5.41, 5.74) is 0. The molecule has 60 valence electrons. The number of fused-ring (bicyclic) bond motifs is 2. The fourth-order valence-electron chi connectivity index (χ4n) is 1.60. The normalized spacial score (nSPS) is 43.5. The lowest BCUT2D eigenvalue weighted by atomic mass is 10.1. The van der Waals surface area contributed by atoms with E-state index >= 15 is 0 Å². The molecule has 2 rings (SSSR count). The second kappa shape index (κ2) is 2.89. The van der Waals surface area contributed by atoms with Gasteiger partial charge in [0.2, 0.25) is 0 Å². The van der Waals surface area contributed by atoms with Crippen LogP contribution in [0.4, 0.5) is 0 Å². The molecule has 2 N–H and O–H groups in total. The van der Waals surface area contributed by atoms with Crippen LogP contribution in [0.2, 0.25) is 0 Å². The zero-order valence-electron chi connectivity index (χ0n) is 5.67. The van der Waals surface area contributed by atoms with Crippen LogP contribution in [0, 0.1) is 0 Å². The molecule has 0 aromatic rings. The van der Waals surface area contributed by atoms with E-state index in [0.29, 0.717) is 12.6 Å². The minimum Gasteiger partial charge on any atom is -0.395 e. The Morgan fingerprint density at radius 1 is 1.70 bits per heavy atom. The Morgan fingerprint density at radius 2 is 2.50 bits per heavy atom. The lowest BCUT2D eigenvalue weighted by Crippen LogP contribution is -2.35. The smallest absolute Gasteiger partial charge is 0.0591 e. The molecule has 2 heterocycles. The Hall–Kier alpha value is 0.560. The fraction of sp³-hybridized carbons (Fsp3) is 1.00. The molecule has 0 radical (unpaired) electrons. The van der Waals surface area contributed by atoms with Gasteiger partial charge in [0.15, 0.2) is 0 Å². The monoisotopic (exact) mass is 181 g/mol. The Labute approximate surface area is 71.2 Å². The summed E-state index contributed by atoms with van der Waals surface area (Å²) in [5.74, 6) is 1.20. The molecule has 0 saturated carbocycles. The van der Waals surface area contributed by atoms with Crippen LogP contribution < -0.4 is 5.32 Å². The van der Waals surface area contributed by atoms with Crippen LogP contribution in [0.25, 0.3) is 0 Å². The van der Waals surface area contributed by atoms with E-state index in [4.69, 9.17) is 5.11 Å². The predicted octanol–water partition coefficient (Wildman–Crippen LogP) is 0.248. The van der Waals surface area contributed by atoms with Crippen molar-refractivity contribution in [3.05, 3.63) is 0 Å². The standard InChI is InChI=1S/C6H11NOS.ClH/c8-4-6-1-5(2-9-6)7-3-6;/h5,7-8H,1-4H2;1H/t5?,6-;/m1./s1. The number of thioether (sulfide) groups is 1. The molecule has 0 aromatic heterocycles. The van der Waals surface area contributed by atoms with Gasteiger partial charge in [0, 0.05) is 18.3 Å². The summed E-state index contributed by atoms with van der Waals surface area (Å²) in [6.45, 7) is 1.36. The van der Waals surface area contributed by atoms with Gasteiger partial charge in [0.1, 0.15) is 0 Å². The first-order valence-corrected chi connectivity index (χ1v) is 4.31. The first-order chi connectivity index (χ1) is 4.35. The lowest BCUT2D eigenvalue weighted by Gasteiger charge is -2.22. The van der Waals surface area contributed by atoms with Crippen LogP contribution in [-0.2, 0) is 0 Å². The molecule has 2 aliphatic rings. The molecule has 2 atom stereocenters. The van der Waals surface area contributed by atoms with Crippen molar-refractivity contribution in [3.63, 3.8) is 0 Å². The number of rotatable bonds is 1. The van der Waals surface area contributed by atoms with E-state index in [1.165, 1.54) is 12.2 Å². The summed E-state index contributed by atoms with van der Waals surface area (Å²) >= 11 is 1.93. The van der Waals surface area contributed by atoms with Crippen molar-refractivity contribution in [1.82, 2.24) is 5.32 Å². The SMILES string of the molecule is Cl.OC[C@@]12CNC(CS1)C2. The third-order valence-electron chi connectivity index (χ3n) is 2.21. The first kappa shape index (κ1) is 8.65. The minimum atomic E-state index is 0. The molecule has 2 fully saturated rings. The van der Waals surface area contributed by atoms with Crippen molar-refractivity contribution in [2.24, 2.45) is 0 Å². The van der Waals surface area contributed by atoms with Crippen LogP contribution in [0.15, 0.2) is 0 Å². The maximum Gasteiger partial charge on any atom is 0.0591 e. The van der Waals surface area contributed by atoms with Crippen LogP contribution in [0.3, 0.4) is 0 Å². The van der Waals surface area contributed by atoms with Crippen molar-refractivity contribution in [2.45, 2.75) is 17.2 Å². The number of hydrogen-bond acceptors (Lipinski definition) is 3. The zero-order valence-corrected chi connectivity index (χ0v) is 7.30. The molecular formula is C6H12ClNOS. The summed E-state index contributed by atoms with van der Waals surface area (Å²) in [5, 5.41) is 12.3. The summed E-state index contributed by atoms with van der Waals surface area (Å²) in [7, 11) is 0. The molecule has 0 aliphatic carbocycles. The topological polar surface area (TPSA) is 32.3 Å². The number of aliphatic hydroxyl groups is 1. The van der Waals surface area contributed by atoms with E-state index in [9.17, 15) is 0 Å². The summed E-state index contributed by atoms with van der Waals surface area (Å²) in [6.07, 6.45) is 1.17. The molecule has 0 aromatic carbocycles. The van der Waals surface area contributed by atoms with Gasteiger partial charge in [-0.3, -0.25) is 0 Å². The lowest BCUT2D eigenvalue weighted by molar-refractivity contribution is 0.257. The Kier molecular flexibility index (Phi) is 2.50. The maximum atomic E-state index is 8.98. The average Bonchev–Trinajstić information content (AvgIpc) is 2.46. The molecule has 2 saturated heterocycles. The third kappa shape index (κ3) is 1.16. The second-order valence-electron chi connectivity index (χ2n) is 2.93. The van der Waals surface area contributed by atoms with Crippen LogP contribution in [-0.4, -0.2) is 34.8 Å². The van der Waals surface area contributed by atoms with Crippen molar-refractivity contribution >= 4 is 24.2 Å². The number of nitrogens with one attached hydrogen (secondary N) is 1. The molecule has 2 aliphatic heterocycles. The van der Waals surface area contributed by atoms with Gasteiger partial charge in [-0.05, 0) is 6.42 Å².